The molecule has 0 bridgehead atoms. The third kappa shape index (κ3) is 1.88. The predicted octanol–water partition coefficient (Wildman–Crippen LogP) is 2.94. The summed E-state index contributed by atoms with van der Waals surface area (Å²) in [5, 5.41) is 8.54. The van der Waals surface area contributed by atoms with Gasteiger partial charge in [-0.15, -0.1) is 10.2 Å². The lowest BCUT2D eigenvalue weighted by Gasteiger charge is -2.02. The summed E-state index contributed by atoms with van der Waals surface area (Å²) in [6.45, 7) is 4.16. The van der Waals surface area contributed by atoms with E-state index in [1.807, 2.05) is 12.3 Å². The summed E-state index contributed by atoms with van der Waals surface area (Å²) in [4.78, 5) is 0. The summed E-state index contributed by atoms with van der Waals surface area (Å²) in [6, 6.07) is 12.6. The van der Waals surface area contributed by atoms with Crippen LogP contribution < -0.4 is 0 Å². The molecule has 0 unspecified atom stereocenters. The zero-order chi connectivity index (χ0) is 12.5. The highest BCUT2D eigenvalue weighted by atomic mass is 15.2. The molecule has 0 atom stereocenters. The molecule has 3 rings (SSSR count). The van der Waals surface area contributed by atoms with Gasteiger partial charge in [-0.3, -0.25) is 4.40 Å². The van der Waals surface area contributed by atoms with Crippen LogP contribution in [0.2, 0.25) is 0 Å². The lowest BCUT2D eigenvalue weighted by molar-refractivity contribution is 0.933. The first-order valence-electron chi connectivity index (χ1n) is 6.09. The molecule has 0 aliphatic rings. The minimum absolute atomic E-state index is 0.812. The van der Waals surface area contributed by atoms with Gasteiger partial charge in [0.15, 0.2) is 5.65 Å². The second kappa shape index (κ2) is 4.26. The molecule has 0 N–H and O–H groups in total. The minimum Gasteiger partial charge on any atom is -0.286 e. The molecule has 2 heterocycles. The Morgan fingerprint density at radius 3 is 2.78 bits per heavy atom. The lowest BCUT2D eigenvalue weighted by atomic mass is 10.1. The SMILES string of the molecule is Cc1cccc(Cc2nnc3c(C)cccn23)c1. The van der Waals surface area contributed by atoms with Crippen LogP contribution in [0.15, 0.2) is 42.6 Å². The Kier molecular flexibility index (Phi) is 2.59. The minimum atomic E-state index is 0.812. The highest BCUT2D eigenvalue weighted by Crippen LogP contribution is 2.13. The Balaban J connectivity index is 2.03. The average molecular weight is 237 g/mol. The quantitative estimate of drug-likeness (QED) is 0.686. The molecule has 3 nitrogen and oxygen atoms in total. The number of fused-ring (bicyclic) bond motifs is 1. The fourth-order valence-corrected chi connectivity index (χ4v) is 2.22. The summed E-state index contributed by atoms with van der Waals surface area (Å²) in [5.41, 5.74) is 4.64. The van der Waals surface area contributed by atoms with Crippen molar-refractivity contribution in [2.75, 3.05) is 0 Å². The maximum atomic E-state index is 4.29. The Bertz CT molecular complexity index is 698. The lowest BCUT2D eigenvalue weighted by Crippen LogP contribution is -1.97. The van der Waals surface area contributed by atoms with Crippen LogP contribution >= 0.6 is 0 Å². The number of rotatable bonds is 2. The zero-order valence-electron chi connectivity index (χ0n) is 10.6. The first-order chi connectivity index (χ1) is 8.74. The van der Waals surface area contributed by atoms with Crippen LogP contribution in [-0.4, -0.2) is 14.6 Å². The molecule has 1 aromatic carbocycles. The van der Waals surface area contributed by atoms with Crippen molar-refractivity contribution in [3.8, 4) is 0 Å². The Morgan fingerprint density at radius 1 is 1.06 bits per heavy atom. The smallest absolute Gasteiger partial charge is 0.163 e. The van der Waals surface area contributed by atoms with Crippen molar-refractivity contribution in [3.05, 3.63) is 65.1 Å². The third-order valence-corrected chi connectivity index (χ3v) is 3.15. The van der Waals surface area contributed by atoms with Crippen molar-refractivity contribution in [1.82, 2.24) is 14.6 Å². The molecule has 2 aromatic heterocycles. The topological polar surface area (TPSA) is 30.2 Å². The van der Waals surface area contributed by atoms with Gasteiger partial charge in [0, 0.05) is 12.6 Å². The van der Waals surface area contributed by atoms with E-state index in [2.05, 4.69) is 58.8 Å². The predicted molar refractivity (Wildman–Crippen MR) is 71.7 cm³/mol. The summed E-state index contributed by atoms with van der Waals surface area (Å²) < 4.78 is 2.07. The molecule has 0 amide bonds. The zero-order valence-corrected chi connectivity index (χ0v) is 10.6. The third-order valence-electron chi connectivity index (χ3n) is 3.15. The highest BCUT2D eigenvalue weighted by Gasteiger charge is 2.07. The molecule has 0 saturated heterocycles. The molecule has 0 radical (unpaired) electrons. The van der Waals surface area contributed by atoms with E-state index in [9.17, 15) is 0 Å². The van der Waals surface area contributed by atoms with Crippen LogP contribution in [0, 0.1) is 13.8 Å². The standard InChI is InChI=1S/C15H15N3/c1-11-5-3-7-13(9-11)10-14-16-17-15-12(2)6-4-8-18(14)15/h3-9H,10H2,1-2H3. The molecular weight excluding hydrogens is 222 g/mol. The van der Waals surface area contributed by atoms with E-state index in [0.29, 0.717) is 0 Å². The fourth-order valence-electron chi connectivity index (χ4n) is 2.22. The van der Waals surface area contributed by atoms with Gasteiger partial charge in [0.2, 0.25) is 0 Å². The number of benzene rings is 1. The number of aromatic nitrogens is 3. The van der Waals surface area contributed by atoms with E-state index < -0.39 is 0 Å². The number of hydrogen-bond acceptors (Lipinski definition) is 2. The van der Waals surface area contributed by atoms with Crippen molar-refractivity contribution in [2.24, 2.45) is 0 Å². The van der Waals surface area contributed by atoms with Crippen LogP contribution in [0.1, 0.15) is 22.5 Å². The van der Waals surface area contributed by atoms with E-state index in [1.54, 1.807) is 0 Å². The maximum Gasteiger partial charge on any atom is 0.163 e. The van der Waals surface area contributed by atoms with Crippen molar-refractivity contribution < 1.29 is 0 Å². The molecule has 18 heavy (non-hydrogen) atoms. The monoisotopic (exact) mass is 237 g/mol. The largest absolute Gasteiger partial charge is 0.286 e. The number of aryl methyl sites for hydroxylation is 2. The highest BCUT2D eigenvalue weighted by molar-refractivity contribution is 5.46. The van der Waals surface area contributed by atoms with Gasteiger partial charge in [-0.25, -0.2) is 0 Å². The van der Waals surface area contributed by atoms with Crippen LogP contribution in [0.3, 0.4) is 0 Å². The Labute approximate surface area is 106 Å². The van der Waals surface area contributed by atoms with Gasteiger partial charge in [-0.05, 0) is 31.0 Å². The molecule has 90 valence electrons. The molecule has 3 heteroatoms. The molecule has 0 saturated carbocycles. The van der Waals surface area contributed by atoms with E-state index in [0.717, 1.165) is 23.5 Å². The van der Waals surface area contributed by atoms with Gasteiger partial charge in [0.1, 0.15) is 5.82 Å². The van der Waals surface area contributed by atoms with Crippen molar-refractivity contribution in [3.63, 3.8) is 0 Å². The number of pyridine rings is 1. The van der Waals surface area contributed by atoms with Crippen molar-refractivity contribution in [1.29, 1.82) is 0 Å². The van der Waals surface area contributed by atoms with Crippen LogP contribution in [0.25, 0.3) is 5.65 Å². The average Bonchev–Trinajstić information content (AvgIpc) is 2.74. The van der Waals surface area contributed by atoms with E-state index >= 15 is 0 Å². The van der Waals surface area contributed by atoms with Gasteiger partial charge in [0.25, 0.3) is 0 Å². The molecule has 3 aromatic rings. The van der Waals surface area contributed by atoms with Crippen molar-refractivity contribution >= 4 is 5.65 Å². The van der Waals surface area contributed by atoms with Crippen LogP contribution in [0.5, 0.6) is 0 Å². The summed E-state index contributed by atoms with van der Waals surface area (Å²) in [5.74, 6) is 0.985. The Hall–Kier alpha value is -2.16. The summed E-state index contributed by atoms with van der Waals surface area (Å²) in [6.07, 6.45) is 2.83. The van der Waals surface area contributed by atoms with Gasteiger partial charge in [0.05, 0.1) is 0 Å². The fraction of sp³-hybridized carbons (Fsp3) is 0.200. The van der Waals surface area contributed by atoms with Gasteiger partial charge < -0.3 is 0 Å². The van der Waals surface area contributed by atoms with Gasteiger partial charge in [-0.1, -0.05) is 35.9 Å². The molecular formula is C15H15N3. The maximum absolute atomic E-state index is 4.29. The first kappa shape index (κ1) is 11.0. The van der Waals surface area contributed by atoms with Crippen LogP contribution in [0.4, 0.5) is 0 Å². The van der Waals surface area contributed by atoms with Gasteiger partial charge in [-0.2, -0.15) is 0 Å². The van der Waals surface area contributed by atoms with Gasteiger partial charge >= 0.3 is 0 Å². The normalized spacial score (nSPS) is 11.0. The van der Waals surface area contributed by atoms with E-state index in [1.165, 1.54) is 11.1 Å². The number of nitrogens with zero attached hydrogens (tertiary/aromatic N) is 3. The second-order valence-electron chi connectivity index (χ2n) is 4.67. The Morgan fingerprint density at radius 2 is 1.94 bits per heavy atom. The molecule has 0 aliphatic heterocycles. The second-order valence-corrected chi connectivity index (χ2v) is 4.67. The van der Waals surface area contributed by atoms with Crippen LogP contribution in [-0.2, 0) is 6.42 Å². The first-order valence-corrected chi connectivity index (χ1v) is 6.09. The summed E-state index contributed by atoms with van der Waals surface area (Å²) >= 11 is 0. The van der Waals surface area contributed by atoms with E-state index in [4.69, 9.17) is 0 Å². The summed E-state index contributed by atoms with van der Waals surface area (Å²) in [7, 11) is 0. The molecule has 0 spiro atoms. The molecule has 0 aliphatic carbocycles. The molecule has 0 fully saturated rings. The number of hydrogen-bond donors (Lipinski definition) is 0. The van der Waals surface area contributed by atoms with E-state index in [-0.39, 0.29) is 0 Å². The van der Waals surface area contributed by atoms with Crippen molar-refractivity contribution in [2.45, 2.75) is 20.3 Å².